The molecule has 0 saturated heterocycles. The molecule has 0 aromatic carbocycles. The van der Waals surface area contributed by atoms with Crippen LogP contribution in [0.25, 0.3) is 0 Å². The lowest BCUT2D eigenvalue weighted by Crippen LogP contribution is -2.47. The Morgan fingerprint density at radius 2 is 1.50 bits per heavy atom. The summed E-state index contributed by atoms with van der Waals surface area (Å²) in [6.45, 7) is 4.11. The zero-order valence-electron chi connectivity index (χ0n) is 22.3. The Kier molecular flexibility index (Phi) is 18.8. The number of carbonyl (C=O) groups is 3. The van der Waals surface area contributed by atoms with Crippen LogP contribution in [-0.2, 0) is 20.9 Å². The zero-order valence-corrected chi connectivity index (χ0v) is 23.2. The summed E-state index contributed by atoms with van der Waals surface area (Å²) in [6, 6.07) is 3.80. The second-order valence-electron chi connectivity index (χ2n) is 9.47. The van der Waals surface area contributed by atoms with Crippen molar-refractivity contribution < 1.29 is 14.4 Å². The van der Waals surface area contributed by atoms with Crippen molar-refractivity contribution in [3.05, 3.63) is 22.4 Å². The molecule has 1 heterocycles. The molecular formula is C27H49N5O3S. The number of carbonyl (C=O) groups excluding carboxylic acids is 3. The van der Waals surface area contributed by atoms with Crippen LogP contribution in [0.4, 0.5) is 0 Å². The van der Waals surface area contributed by atoms with Gasteiger partial charge in [-0.1, -0.05) is 77.2 Å². The van der Waals surface area contributed by atoms with Gasteiger partial charge in [-0.2, -0.15) is 0 Å². The van der Waals surface area contributed by atoms with Gasteiger partial charge in [0.2, 0.25) is 17.7 Å². The maximum Gasteiger partial charge on any atom is 0.242 e. The van der Waals surface area contributed by atoms with Crippen LogP contribution in [0.3, 0.4) is 0 Å². The molecule has 36 heavy (non-hydrogen) atoms. The fourth-order valence-corrected chi connectivity index (χ4v) is 4.79. The van der Waals surface area contributed by atoms with Gasteiger partial charge >= 0.3 is 0 Å². The molecule has 0 atom stereocenters. The SMILES string of the molecule is CCCCCCCCCCCCCNCC(=O)N(CCCN)CC(=O)N(CC(N)=O)Cc1cccs1. The Morgan fingerprint density at radius 1 is 0.861 bits per heavy atom. The van der Waals surface area contributed by atoms with E-state index in [4.69, 9.17) is 11.5 Å². The average molecular weight is 524 g/mol. The van der Waals surface area contributed by atoms with Gasteiger partial charge in [-0.25, -0.2) is 0 Å². The number of amides is 3. The van der Waals surface area contributed by atoms with E-state index in [0.29, 0.717) is 26.1 Å². The van der Waals surface area contributed by atoms with Crippen molar-refractivity contribution in [2.45, 2.75) is 90.5 Å². The zero-order chi connectivity index (χ0) is 26.4. The highest BCUT2D eigenvalue weighted by molar-refractivity contribution is 7.09. The quantitative estimate of drug-likeness (QED) is 0.189. The van der Waals surface area contributed by atoms with Gasteiger partial charge in [-0.15, -0.1) is 11.3 Å². The van der Waals surface area contributed by atoms with Gasteiger partial charge < -0.3 is 26.6 Å². The van der Waals surface area contributed by atoms with Gasteiger partial charge in [0.05, 0.1) is 26.2 Å². The molecule has 1 aromatic rings. The predicted molar refractivity (Wildman–Crippen MR) is 149 cm³/mol. The molecule has 5 N–H and O–H groups in total. The third-order valence-electron chi connectivity index (χ3n) is 6.17. The van der Waals surface area contributed by atoms with E-state index in [9.17, 15) is 14.4 Å². The van der Waals surface area contributed by atoms with Crippen LogP contribution in [0.5, 0.6) is 0 Å². The summed E-state index contributed by atoms with van der Waals surface area (Å²) in [4.78, 5) is 41.2. The van der Waals surface area contributed by atoms with Crippen LogP contribution in [0.1, 0.15) is 88.9 Å². The van der Waals surface area contributed by atoms with Crippen molar-refractivity contribution in [2.24, 2.45) is 11.5 Å². The first kappa shape index (κ1) is 32.1. The highest BCUT2D eigenvalue weighted by atomic mass is 32.1. The van der Waals surface area contributed by atoms with Gasteiger partial charge in [0.1, 0.15) is 0 Å². The molecule has 0 aliphatic rings. The maximum absolute atomic E-state index is 12.9. The van der Waals surface area contributed by atoms with E-state index in [1.807, 2.05) is 17.5 Å². The second kappa shape index (κ2) is 21.1. The number of hydrogen-bond acceptors (Lipinski definition) is 6. The summed E-state index contributed by atoms with van der Waals surface area (Å²) in [7, 11) is 0. The van der Waals surface area contributed by atoms with Gasteiger partial charge in [0, 0.05) is 11.4 Å². The highest BCUT2D eigenvalue weighted by Gasteiger charge is 2.22. The maximum atomic E-state index is 12.9. The molecule has 1 rings (SSSR count). The molecule has 206 valence electrons. The highest BCUT2D eigenvalue weighted by Crippen LogP contribution is 2.13. The Hall–Kier alpha value is -1.97. The van der Waals surface area contributed by atoms with E-state index in [2.05, 4.69) is 12.2 Å². The van der Waals surface area contributed by atoms with E-state index >= 15 is 0 Å². The fraction of sp³-hybridized carbons (Fsp3) is 0.741. The van der Waals surface area contributed by atoms with Crippen molar-refractivity contribution in [2.75, 3.05) is 39.3 Å². The molecular weight excluding hydrogens is 474 g/mol. The number of nitrogens with two attached hydrogens (primary N) is 2. The smallest absolute Gasteiger partial charge is 0.242 e. The minimum absolute atomic E-state index is 0.0857. The minimum Gasteiger partial charge on any atom is -0.368 e. The molecule has 0 unspecified atom stereocenters. The molecule has 8 nitrogen and oxygen atoms in total. The second-order valence-corrected chi connectivity index (χ2v) is 10.5. The van der Waals surface area contributed by atoms with Gasteiger partial charge in [-0.05, 0) is 37.4 Å². The topological polar surface area (TPSA) is 122 Å². The van der Waals surface area contributed by atoms with E-state index in [0.717, 1.165) is 24.3 Å². The molecule has 1 aromatic heterocycles. The van der Waals surface area contributed by atoms with Gasteiger partial charge in [-0.3, -0.25) is 14.4 Å². The summed E-state index contributed by atoms with van der Waals surface area (Å²) >= 11 is 1.51. The molecule has 0 spiro atoms. The molecule has 0 aliphatic carbocycles. The van der Waals surface area contributed by atoms with E-state index in [1.54, 1.807) is 0 Å². The van der Waals surface area contributed by atoms with Crippen molar-refractivity contribution in [3.63, 3.8) is 0 Å². The van der Waals surface area contributed by atoms with Crippen LogP contribution >= 0.6 is 11.3 Å². The minimum atomic E-state index is -0.576. The lowest BCUT2D eigenvalue weighted by molar-refractivity contribution is -0.141. The number of primary amides is 1. The van der Waals surface area contributed by atoms with Crippen LogP contribution in [0.2, 0.25) is 0 Å². The molecule has 3 amide bonds. The van der Waals surface area contributed by atoms with Crippen LogP contribution in [-0.4, -0.2) is 66.8 Å². The summed E-state index contributed by atoms with van der Waals surface area (Å²) in [5, 5.41) is 5.14. The van der Waals surface area contributed by atoms with Gasteiger partial charge in [0.25, 0.3) is 0 Å². The molecule has 0 aliphatic heterocycles. The monoisotopic (exact) mass is 523 g/mol. The number of unbranched alkanes of at least 4 members (excludes halogenated alkanes) is 10. The molecule has 9 heteroatoms. The van der Waals surface area contributed by atoms with Crippen LogP contribution in [0.15, 0.2) is 17.5 Å². The van der Waals surface area contributed by atoms with E-state index < -0.39 is 5.91 Å². The number of nitrogens with zero attached hydrogens (tertiary/aromatic N) is 2. The first-order valence-corrected chi connectivity index (χ1v) is 14.6. The summed E-state index contributed by atoms with van der Waals surface area (Å²) in [6.07, 6.45) is 14.8. The van der Waals surface area contributed by atoms with E-state index in [-0.39, 0.29) is 31.4 Å². The lowest BCUT2D eigenvalue weighted by Gasteiger charge is -2.27. The standard InChI is InChI=1S/C27H49N5O3S/c1-2-3-4-5-6-7-8-9-10-11-12-17-30-20-26(34)31(18-14-16-28)23-27(35)32(22-25(29)33)21-24-15-13-19-36-24/h13,15,19,30H,2-12,14,16-18,20-23,28H2,1H3,(H2,29,33). The largest absolute Gasteiger partial charge is 0.368 e. The Morgan fingerprint density at radius 3 is 2.06 bits per heavy atom. The average Bonchev–Trinajstić information content (AvgIpc) is 3.36. The molecule has 0 saturated carbocycles. The fourth-order valence-electron chi connectivity index (χ4n) is 4.07. The van der Waals surface area contributed by atoms with Crippen molar-refractivity contribution in [1.29, 1.82) is 0 Å². The summed E-state index contributed by atoms with van der Waals surface area (Å²) in [5.41, 5.74) is 11.0. The third-order valence-corrected chi connectivity index (χ3v) is 7.03. The van der Waals surface area contributed by atoms with E-state index in [1.165, 1.54) is 78.9 Å². The Labute approximate surface area is 222 Å². The first-order chi connectivity index (χ1) is 17.5. The summed E-state index contributed by atoms with van der Waals surface area (Å²) in [5.74, 6) is -0.999. The number of rotatable bonds is 23. The number of thiophene rings is 1. The van der Waals surface area contributed by atoms with Crippen LogP contribution < -0.4 is 16.8 Å². The van der Waals surface area contributed by atoms with Crippen molar-refractivity contribution in [3.8, 4) is 0 Å². The molecule has 0 bridgehead atoms. The Bertz CT molecular complexity index is 714. The Balaban J connectivity index is 2.32. The van der Waals surface area contributed by atoms with Crippen molar-refractivity contribution in [1.82, 2.24) is 15.1 Å². The first-order valence-electron chi connectivity index (χ1n) is 13.7. The molecule has 0 fully saturated rings. The predicted octanol–water partition coefficient (Wildman–Crippen LogP) is 3.64. The lowest BCUT2D eigenvalue weighted by atomic mass is 10.1. The normalized spacial score (nSPS) is 10.9. The van der Waals surface area contributed by atoms with Gasteiger partial charge in [0.15, 0.2) is 0 Å². The molecule has 0 radical (unpaired) electrons. The third kappa shape index (κ3) is 15.9. The van der Waals surface area contributed by atoms with Crippen LogP contribution in [0, 0.1) is 0 Å². The number of nitrogens with one attached hydrogen (secondary N) is 1. The van der Waals surface area contributed by atoms with Crippen molar-refractivity contribution >= 4 is 29.1 Å². The summed E-state index contributed by atoms with van der Waals surface area (Å²) < 4.78 is 0. The number of hydrogen-bond donors (Lipinski definition) is 3.